The van der Waals surface area contributed by atoms with E-state index in [1.54, 1.807) is 35.1 Å². The number of alkyl halides is 3. The highest BCUT2D eigenvalue weighted by molar-refractivity contribution is 14.0. The largest absolute Gasteiger partial charge is 0.573 e. The summed E-state index contributed by atoms with van der Waals surface area (Å²) < 4.78 is 42.8. The van der Waals surface area contributed by atoms with Gasteiger partial charge in [0, 0.05) is 12.3 Å². The fourth-order valence-electron chi connectivity index (χ4n) is 2.13. The first-order valence-electron chi connectivity index (χ1n) is 7.12. The average molecular weight is 478 g/mol. The second-order valence-corrected chi connectivity index (χ2v) is 4.91. The molecule has 138 valence electrons. The van der Waals surface area contributed by atoms with E-state index in [2.05, 4.69) is 25.1 Å². The van der Waals surface area contributed by atoms with E-state index >= 15 is 0 Å². The molecule has 0 amide bonds. The molecule has 0 saturated carbocycles. The molecule has 0 spiro atoms. The van der Waals surface area contributed by atoms with E-state index in [0.717, 1.165) is 5.69 Å². The molecule has 0 bridgehead atoms. The number of benzene rings is 1. The Morgan fingerprint density at radius 3 is 2.73 bits per heavy atom. The number of rotatable bonds is 4. The normalized spacial score (nSPS) is 11.9. The Kier molecular flexibility index (Phi) is 6.23. The van der Waals surface area contributed by atoms with Crippen LogP contribution in [0.2, 0.25) is 0 Å². The summed E-state index contributed by atoms with van der Waals surface area (Å²) in [5.41, 5.74) is 7.20. The molecule has 0 atom stereocenters. The molecule has 11 heteroatoms. The Bertz CT molecular complexity index is 912. The van der Waals surface area contributed by atoms with Crippen LogP contribution in [0.15, 0.2) is 53.8 Å². The summed E-state index contributed by atoms with van der Waals surface area (Å²) in [5, 5.41) is 6.72. The molecule has 1 aromatic carbocycles. The van der Waals surface area contributed by atoms with Crippen LogP contribution in [0.4, 0.5) is 18.9 Å². The predicted molar refractivity (Wildman–Crippen MR) is 100 cm³/mol. The molecule has 0 radical (unpaired) electrons. The minimum Gasteiger partial charge on any atom is -0.404 e. The van der Waals surface area contributed by atoms with E-state index in [0.29, 0.717) is 5.65 Å². The van der Waals surface area contributed by atoms with Gasteiger partial charge in [0.15, 0.2) is 17.4 Å². The van der Waals surface area contributed by atoms with Crippen molar-refractivity contribution in [2.45, 2.75) is 12.9 Å². The number of hydrogen-bond acceptors (Lipinski definition) is 4. The van der Waals surface area contributed by atoms with E-state index in [1.807, 2.05) is 0 Å². The number of aromatic nitrogens is 3. The summed E-state index contributed by atoms with van der Waals surface area (Å²) in [6.07, 6.45) is -1.59. The smallest absolute Gasteiger partial charge is 0.404 e. The molecule has 26 heavy (non-hydrogen) atoms. The van der Waals surface area contributed by atoms with Crippen molar-refractivity contribution < 1.29 is 17.9 Å². The predicted octanol–water partition coefficient (Wildman–Crippen LogP) is 3.17. The number of nitrogens with two attached hydrogens (primary N) is 1. The fourth-order valence-corrected chi connectivity index (χ4v) is 2.13. The van der Waals surface area contributed by atoms with Gasteiger partial charge in [-0.3, -0.25) is 0 Å². The van der Waals surface area contributed by atoms with Crippen molar-refractivity contribution in [1.29, 1.82) is 0 Å². The van der Waals surface area contributed by atoms with Gasteiger partial charge < -0.3 is 15.8 Å². The van der Waals surface area contributed by atoms with Gasteiger partial charge in [-0.1, -0.05) is 12.1 Å². The van der Waals surface area contributed by atoms with Crippen molar-refractivity contribution in [2.75, 3.05) is 5.32 Å². The second kappa shape index (κ2) is 8.21. The molecule has 2 aromatic heterocycles. The molecule has 0 aliphatic carbocycles. The summed E-state index contributed by atoms with van der Waals surface area (Å²) >= 11 is 0. The number of guanidine groups is 1. The highest BCUT2D eigenvalue weighted by Gasteiger charge is 2.32. The molecule has 0 aliphatic heterocycles. The lowest BCUT2D eigenvalue weighted by Crippen LogP contribution is -2.24. The zero-order valence-electron chi connectivity index (χ0n) is 13.1. The number of aliphatic imine (C=N–C) groups is 1. The first kappa shape index (κ1) is 19.8. The Morgan fingerprint density at radius 2 is 1.96 bits per heavy atom. The minimum absolute atomic E-state index is 0. The second-order valence-electron chi connectivity index (χ2n) is 4.91. The maximum Gasteiger partial charge on any atom is 0.573 e. The monoisotopic (exact) mass is 478 g/mol. The Hall–Kier alpha value is -2.57. The van der Waals surface area contributed by atoms with Crippen molar-refractivity contribution in [3.8, 4) is 5.75 Å². The SMILES string of the molecule is I.NC(=NCc1ccnc2ccnn12)Nc1ccccc1OC(F)(F)F. The van der Waals surface area contributed by atoms with E-state index in [4.69, 9.17) is 5.73 Å². The fraction of sp³-hybridized carbons (Fsp3) is 0.133. The minimum atomic E-state index is -4.80. The van der Waals surface area contributed by atoms with Gasteiger partial charge in [0.2, 0.25) is 0 Å². The molecule has 0 fully saturated rings. The topological polar surface area (TPSA) is 89.8 Å². The lowest BCUT2D eigenvalue weighted by molar-refractivity contribution is -0.274. The number of halogens is 4. The standard InChI is InChI=1S/C15H13F3N6O.HI/c16-15(17,18)25-12-4-2-1-3-11(12)23-14(19)21-9-10-5-7-20-13-6-8-22-24(10)13;/h1-8H,9H2,(H3,19,21,23);1H. The van der Waals surface area contributed by atoms with Gasteiger partial charge >= 0.3 is 6.36 Å². The van der Waals surface area contributed by atoms with E-state index in [1.165, 1.54) is 18.2 Å². The van der Waals surface area contributed by atoms with Crippen LogP contribution in [-0.4, -0.2) is 26.9 Å². The van der Waals surface area contributed by atoms with Crippen molar-refractivity contribution in [3.05, 3.63) is 54.5 Å². The van der Waals surface area contributed by atoms with Crippen molar-refractivity contribution in [2.24, 2.45) is 10.7 Å². The lowest BCUT2D eigenvalue weighted by atomic mass is 10.3. The highest BCUT2D eigenvalue weighted by atomic mass is 127. The number of nitrogens with zero attached hydrogens (tertiary/aromatic N) is 4. The molecular formula is C15H14F3IN6O. The number of ether oxygens (including phenoxy) is 1. The average Bonchev–Trinajstić information content (AvgIpc) is 3.02. The number of hydrogen-bond donors (Lipinski definition) is 2. The van der Waals surface area contributed by atoms with E-state index < -0.39 is 12.1 Å². The number of para-hydroxylation sites is 2. The van der Waals surface area contributed by atoms with Crippen LogP contribution in [0, 0.1) is 0 Å². The van der Waals surface area contributed by atoms with Gasteiger partial charge in [0.1, 0.15) is 0 Å². The van der Waals surface area contributed by atoms with Crippen LogP contribution in [0.3, 0.4) is 0 Å². The zero-order chi connectivity index (χ0) is 17.9. The molecule has 0 saturated heterocycles. The molecule has 2 heterocycles. The van der Waals surface area contributed by atoms with Gasteiger partial charge in [0.25, 0.3) is 0 Å². The van der Waals surface area contributed by atoms with Crippen molar-refractivity contribution in [3.63, 3.8) is 0 Å². The summed E-state index contributed by atoms with van der Waals surface area (Å²) in [7, 11) is 0. The highest BCUT2D eigenvalue weighted by Crippen LogP contribution is 2.29. The molecular weight excluding hydrogens is 464 g/mol. The Labute approximate surface area is 163 Å². The van der Waals surface area contributed by atoms with Gasteiger partial charge in [-0.05, 0) is 18.2 Å². The summed E-state index contributed by atoms with van der Waals surface area (Å²) in [4.78, 5) is 8.24. The van der Waals surface area contributed by atoms with E-state index in [-0.39, 0.29) is 42.2 Å². The van der Waals surface area contributed by atoms with Crippen molar-refractivity contribution >= 4 is 41.3 Å². The third-order valence-corrected chi connectivity index (χ3v) is 3.16. The molecule has 3 rings (SSSR count). The summed E-state index contributed by atoms with van der Waals surface area (Å²) in [6, 6.07) is 9.01. The number of anilines is 1. The third-order valence-electron chi connectivity index (χ3n) is 3.16. The van der Waals surface area contributed by atoms with Crippen molar-refractivity contribution in [1.82, 2.24) is 14.6 Å². The first-order valence-corrected chi connectivity index (χ1v) is 7.12. The van der Waals surface area contributed by atoms with Crippen LogP contribution in [-0.2, 0) is 6.54 Å². The first-order chi connectivity index (χ1) is 11.9. The third kappa shape index (κ3) is 4.97. The number of nitrogens with one attached hydrogen (secondary N) is 1. The Morgan fingerprint density at radius 1 is 1.19 bits per heavy atom. The van der Waals surface area contributed by atoms with Gasteiger partial charge in [-0.25, -0.2) is 14.5 Å². The molecule has 7 nitrogen and oxygen atoms in total. The van der Waals surface area contributed by atoms with E-state index in [9.17, 15) is 13.2 Å². The zero-order valence-corrected chi connectivity index (χ0v) is 15.5. The van der Waals surface area contributed by atoms with Gasteiger partial charge in [-0.2, -0.15) is 5.10 Å². The van der Waals surface area contributed by atoms with Crippen LogP contribution in [0.25, 0.3) is 5.65 Å². The van der Waals surface area contributed by atoms with Crippen LogP contribution in [0.1, 0.15) is 5.69 Å². The summed E-state index contributed by atoms with van der Waals surface area (Å²) in [5.74, 6) is -0.457. The summed E-state index contributed by atoms with van der Waals surface area (Å²) in [6.45, 7) is 0.168. The van der Waals surface area contributed by atoms with Crippen LogP contribution < -0.4 is 15.8 Å². The number of fused-ring (bicyclic) bond motifs is 1. The quantitative estimate of drug-likeness (QED) is 0.342. The molecule has 0 unspecified atom stereocenters. The molecule has 3 aromatic rings. The lowest BCUT2D eigenvalue weighted by Gasteiger charge is -2.14. The molecule has 3 N–H and O–H groups in total. The Balaban J connectivity index is 0.00000243. The van der Waals surface area contributed by atoms with Crippen LogP contribution >= 0.6 is 24.0 Å². The maximum atomic E-state index is 12.4. The molecule has 0 aliphatic rings. The van der Waals surface area contributed by atoms with Gasteiger partial charge in [-0.15, -0.1) is 37.1 Å². The van der Waals surface area contributed by atoms with Crippen LogP contribution in [0.5, 0.6) is 5.75 Å². The van der Waals surface area contributed by atoms with Gasteiger partial charge in [0.05, 0.1) is 24.1 Å². The maximum absolute atomic E-state index is 12.4.